The third-order valence-corrected chi connectivity index (χ3v) is 4.58. The molecule has 0 spiro atoms. The van der Waals surface area contributed by atoms with Crippen LogP contribution in [0.1, 0.15) is 96.8 Å². The third-order valence-electron chi connectivity index (χ3n) is 3.81. The number of rotatable bonds is 14. The Hall–Kier alpha value is 0.310. The molecule has 0 radical (unpaired) electrons. The Bertz CT molecular complexity index is 168. The van der Waals surface area contributed by atoms with Crippen LogP contribution < -0.4 is 0 Å². The lowest BCUT2D eigenvalue weighted by molar-refractivity contribution is 0.423. The first kappa shape index (κ1) is 16.4. The standard InChI is InChI=1S/C16H32OS/c1-2-3-4-5-6-7-8-9-10-11-12-13-14-15-16-17-18-16/h16H,2-15H2,1H3/p+1/t16-/m0/s1. The maximum atomic E-state index is 5.19. The Morgan fingerprint density at radius 3 is 1.44 bits per heavy atom. The highest BCUT2D eigenvalue weighted by Gasteiger charge is 2.36. The highest BCUT2D eigenvalue weighted by atomic mass is 32.2. The molecule has 1 saturated heterocycles. The van der Waals surface area contributed by atoms with Crippen LogP contribution in [-0.4, -0.2) is 5.44 Å². The molecule has 1 aliphatic heterocycles. The van der Waals surface area contributed by atoms with Crippen molar-refractivity contribution < 1.29 is 4.18 Å². The molecule has 0 aromatic rings. The number of hydrogen-bond donors (Lipinski definition) is 0. The minimum atomic E-state index is 0.623. The van der Waals surface area contributed by atoms with E-state index in [2.05, 4.69) is 6.92 Å². The van der Waals surface area contributed by atoms with Gasteiger partial charge in [0.25, 0.3) is 5.44 Å². The molecule has 0 amide bonds. The van der Waals surface area contributed by atoms with Crippen molar-refractivity contribution in [1.29, 1.82) is 0 Å². The van der Waals surface area contributed by atoms with Crippen molar-refractivity contribution >= 4 is 12.0 Å². The lowest BCUT2D eigenvalue weighted by Gasteiger charge is -2.02. The molecule has 0 N–H and O–H groups in total. The van der Waals surface area contributed by atoms with Crippen molar-refractivity contribution in [3.8, 4) is 0 Å². The molecule has 2 heteroatoms. The van der Waals surface area contributed by atoms with Gasteiger partial charge in [0.05, 0.1) is 0 Å². The molecule has 0 aromatic carbocycles. The molecule has 0 aliphatic carbocycles. The molecule has 1 aliphatic rings. The van der Waals surface area contributed by atoms with Crippen molar-refractivity contribution in [3.05, 3.63) is 0 Å². The van der Waals surface area contributed by atoms with E-state index >= 15 is 0 Å². The second kappa shape index (κ2) is 12.3. The summed E-state index contributed by atoms with van der Waals surface area (Å²) in [7, 11) is 0. The number of unbranched alkanes of at least 4 members (excludes halogenated alkanes) is 12. The average molecular weight is 274 g/mol. The summed E-state index contributed by atoms with van der Waals surface area (Å²) in [5, 5.41) is 0. The van der Waals surface area contributed by atoms with Gasteiger partial charge < -0.3 is 0 Å². The van der Waals surface area contributed by atoms with Crippen LogP contribution in [0.25, 0.3) is 0 Å². The number of thiol groups is 1. The third kappa shape index (κ3) is 11.4. The summed E-state index contributed by atoms with van der Waals surface area (Å²) >= 11 is 1.24. The van der Waals surface area contributed by atoms with E-state index in [4.69, 9.17) is 4.18 Å². The highest BCUT2D eigenvalue weighted by molar-refractivity contribution is 7.79. The Kier molecular flexibility index (Phi) is 11.2. The molecule has 1 atom stereocenters. The Labute approximate surface area is 119 Å². The van der Waals surface area contributed by atoms with E-state index in [9.17, 15) is 0 Å². The van der Waals surface area contributed by atoms with E-state index in [-0.39, 0.29) is 0 Å². The Morgan fingerprint density at radius 2 is 1.06 bits per heavy atom. The van der Waals surface area contributed by atoms with Crippen molar-refractivity contribution in [2.45, 2.75) is 102 Å². The van der Waals surface area contributed by atoms with Gasteiger partial charge in [-0.2, -0.15) is 0 Å². The summed E-state index contributed by atoms with van der Waals surface area (Å²) in [4.78, 5) is 0. The molecule has 108 valence electrons. The van der Waals surface area contributed by atoms with Crippen molar-refractivity contribution in [2.24, 2.45) is 0 Å². The smallest absolute Gasteiger partial charge is 0.114 e. The first-order valence-electron chi connectivity index (χ1n) is 8.29. The zero-order valence-electron chi connectivity index (χ0n) is 12.3. The summed E-state index contributed by atoms with van der Waals surface area (Å²) in [5.74, 6) is 0. The van der Waals surface area contributed by atoms with Crippen LogP contribution in [0, 0.1) is 0 Å². The topological polar surface area (TPSA) is 12.5 Å². The van der Waals surface area contributed by atoms with Crippen LogP contribution >= 0.6 is 0 Å². The molecule has 18 heavy (non-hydrogen) atoms. The lowest BCUT2D eigenvalue weighted by atomic mass is 10.0. The quantitative estimate of drug-likeness (QED) is 0.175. The van der Waals surface area contributed by atoms with Crippen LogP contribution in [0.4, 0.5) is 0 Å². The average Bonchev–Trinajstić information content (AvgIpc) is 3.19. The first-order valence-corrected chi connectivity index (χ1v) is 9.17. The van der Waals surface area contributed by atoms with Crippen molar-refractivity contribution in [1.82, 2.24) is 0 Å². The van der Waals surface area contributed by atoms with Crippen LogP contribution in [0.15, 0.2) is 0 Å². The van der Waals surface area contributed by atoms with Crippen LogP contribution in [0.3, 0.4) is 0 Å². The van der Waals surface area contributed by atoms with Gasteiger partial charge in [-0.05, 0) is 6.42 Å². The van der Waals surface area contributed by atoms with Crippen LogP contribution in [-0.2, 0) is 16.2 Å². The van der Waals surface area contributed by atoms with E-state index in [1.165, 1.54) is 102 Å². The minimum absolute atomic E-state index is 0.623. The minimum Gasteiger partial charge on any atom is -0.114 e. The first-order chi connectivity index (χ1) is 8.93. The lowest BCUT2D eigenvalue weighted by Crippen LogP contribution is -1.85. The fraction of sp³-hybridized carbons (Fsp3) is 1.00. The summed E-state index contributed by atoms with van der Waals surface area (Å²) in [5.41, 5.74) is 0.623. The molecule has 0 aromatic heterocycles. The largest absolute Gasteiger partial charge is 0.296 e. The van der Waals surface area contributed by atoms with Gasteiger partial charge >= 0.3 is 0 Å². The van der Waals surface area contributed by atoms with Gasteiger partial charge in [-0.1, -0.05) is 84.0 Å². The highest BCUT2D eigenvalue weighted by Crippen LogP contribution is 2.21. The predicted octanol–water partition coefficient (Wildman–Crippen LogP) is 5.55. The fourth-order valence-corrected chi connectivity index (χ4v) is 2.96. The van der Waals surface area contributed by atoms with Gasteiger partial charge in [0.15, 0.2) is 12.0 Å². The molecule has 1 fully saturated rings. The molecular formula is C16H33OS+. The molecule has 0 bridgehead atoms. The monoisotopic (exact) mass is 273 g/mol. The molecule has 0 unspecified atom stereocenters. The van der Waals surface area contributed by atoms with Crippen LogP contribution in [0.2, 0.25) is 0 Å². The SMILES string of the molecule is CCCCCCCCCCCCCCC[C@H]1O[SH+]1. The zero-order valence-corrected chi connectivity index (χ0v) is 13.2. The normalized spacial score (nSPS) is 18.2. The summed E-state index contributed by atoms with van der Waals surface area (Å²) in [6.45, 7) is 2.29. The number of hydrogen-bond acceptors (Lipinski definition) is 1. The van der Waals surface area contributed by atoms with Crippen molar-refractivity contribution in [3.63, 3.8) is 0 Å². The van der Waals surface area contributed by atoms with Gasteiger partial charge in [-0.3, -0.25) is 0 Å². The summed E-state index contributed by atoms with van der Waals surface area (Å²) < 4.78 is 5.19. The summed E-state index contributed by atoms with van der Waals surface area (Å²) in [6, 6.07) is 0. The molecule has 0 saturated carbocycles. The molecule has 1 nitrogen and oxygen atoms in total. The second-order valence-corrected chi connectivity index (χ2v) is 6.69. The van der Waals surface area contributed by atoms with E-state index in [0.717, 1.165) is 0 Å². The van der Waals surface area contributed by atoms with E-state index in [1.807, 2.05) is 0 Å². The zero-order chi connectivity index (χ0) is 12.9. The fourth-order valence-electron chi connectivity index (χ4n) is 2.49. The van der Waals surface area contributed by atoms with Gasteiger partial charge in [-0.25, -0.2) is 0 Å². The van der Waals surface area contributed by atoms with Gasteiger partial charge in [0, 0.05) is 6.42 Å². The van der Waals surface area contributed by atoms with E-state index in [1.54, 1.807) is 0 Å². The molecule has 1 rings (SSSR count). The predicted molar refractivity (Wildman–Crippen MR) is 83.9 cm³/mol. The molecular weight excluding hydrogens is 240 g/mol. The summed E-state index contributed by atoms with van der Waals surface area (Å²) in [6.07, 6.45) is 20.1. The maximum absolute atomic E-state index is 5.19. The maximum Gasteiger partial charge on any atom is 0.296 e. The Morgan fingerprint density at radius 1 is 0.667 bits per heavy atom. The van der Waals surface area contributed by atoms with Gasteiger partial charge in [-0.15, -0.1) is 4.18 Å². The van der Waals surface area contributed by atoms with Gasteiger partial charge in [0.1, 0.15) is 0 Å². The molecule has 1 heterocycles. The van der Waals surface area contributed by atoms with E-state index in [0.29, 0.717) is 5.44 Å². The van der Waals surface area contributed by atoms with Crippen LogP contribution in [0.5, 0.6) is 0 Å². The van der Waals surface area contributed by atoms with Crippen molar-refractivity contribution in [2.75, 3.05) is 0 Å². The van der Waals surface area contributed by atoms with Gasteiger partial charge in [0.2, 0.25) is 0 Å². The Balaban J connectivity index is 1.60. The second-order valence-electron chi connectivity index (χ2n) is 5.70. The van der Waals surface area contributed by atoms with E-state index < -0.39 is 0 Å².